The van der Waals surface area contributed by atoms with Crippen molar-refractivity contribution in [3.63, 3.8) is 0 Å². The fourth-order valence-electron chi connectivity index (χ4n) is 2.67. The zero-order valence-electron chi connectivity index (χ0n) is 14.8. The molecule has 0 saturated carbocycles. The van der Waals surface area contributed by atoms with Gasteiger partial charge in [0.1, 0.15) is 11.8 Å². The molecule has 1 aromatic heterocycles. The van der Waals surface area contributed by atoms with Crippen LogP contribution in [0.5, 0.6) is 0 Å². The van der Waals surface area contributed by atoms with E-state index in [9.17, 15) is 14.4 Å². The molecule has 136 valence electrons. The summed E-state index contributed by atoms with van der Waals surface area (Å²) >= 11 is 0. The monoisotopic (exact) mass is 355 g/mol. The molecule has 2 rings (SSSR count). The molecule has 0 N–H and O–H groups in total. The minimum atomic E-state index is -1.35. The van der Waals surface area contributed by atoms with Crippen molar-refractivity contribution in [1.82, 2.24) is 4.98 Å². The van der Waals surface area contributed by atoms with Gasteiger partial charge in [-0.05, 0) is 31.5 Å². The number of esters is 2. The van der Waals surface area contributed by atoms with E-state index in [0.717, 1.165) is 0 Å². The smallest absolute Gasteiger partial charge is 0.318 e. The molecule has 0 spiro atoms. The van der Waals surface area contributed by atoms with Gasteiger partial charge in [-0.3, -0.25) is 19.4 Å². The number of benzene rings is 1. The maximum Gasteiger partial charge on any atom is 0.318 e. The predicted octanol–water partition coefficient (Wildman–Crippen LogP) is 2.79. The van der Waals surface area contributed by atoms with Gasteiger partial charge in [-0.25, -0.2) is 0 Å². The molecule has 0 bridgehead atoms. The molecule has 0 radical (unpaired) electrons. The number of ether oxygens (including phenoxy) is 2. The van der Waals surface area contributed by atoms with E-state index in [0.29, 0.717) is 5.56 Å². The number of pyridine rings is 1. The lowest BCUT2D eigenvalue weighted by atomic mass is 9.81. The summed E-state index contributed by atoms with van der Waals surface area (Å²) in [5.74, 6) is -4.38. The molecular formula is C20H21NO5. The van der Waals surface area contributed by atoms with Gasteiger partial charge in [-0.2, -0.15) is 0 Å². The number of hydrogen-bond acceptors (Lipinski definition) is 6. The Balaban J connectivity index is 2.52. The van der Waals surface area contributed by atoms with Gasteiger partial charge in [0.15, 0.2) is 5.78 Å². The van der Waals surface area contributed by atoms with Crippen LogP contribution in [0.2, 0.25) is 0 Å². The number of nitrogens with zero attached hydrogens (tertiary/aromatic N) is 1. The van der Waals surface area contributed by atoms with Gasteiger partial charge in [0.25, 0.3) is 0 Å². The Morgan fingerprint density at radius 2 is 1.58 bits per heavy atom. The molecule has 2 aromatic rings. The first-order valence-electron chi connectivity index (χ1n) is 8.42. The molecule has 1 heterocycles. The van der Waals surface area contributed by atoms with Gasteiger partial charge in [-0.1, -0.05) is 30.3 Å². The van der Waals surface area contributed by atoms with Gasteiger partial charge < -0.3 is 9.47 Å². The Morgan fingerprint density at radius 1 is 0.923 bits per heavy atom. The number of ketones is 1. The molecule has 0 fully saturated rings. The molecule has 6 heteroatoms. The molecule has 1 aromatic carbocycles. The third-order valence-electron chi connectivity index (χ3n) is 3.80. The highest BCUT2D eigenvalue weighted by Gasteiger charge is 2.42. The fraction of sp³-hybridized carbons (Fsp3) is 0.300. The van der Waals surface area contributed by atoms with E-state index in [2.05, 4.69) is 4.98 Å². The molecule has 0 aliphatic heterocycles. The lowest BCUT2D eigenvalue weighted by Crippen LogP contribution is -2.36. The molecule has 2 atom stereocenters. The van der Waals surface area contributed by atoms with Crippen LogP contribution in [0.3, 0.4) is 0 Å². The highest BCUT2D eigenvalue weighted by atomic mass is 16.5. The third-order valence-corrected chi connectivity index (χ3v) is 3.80. The largest absolute Gasteiger partial charge is 0.465 e. The normalized spacial score (nSPS) is 12.7. The van der Waals surface area contributed by atoms with Crippen molar-refractivity contribution in [3.8, 4) is 0 Å². The Kier molecular flexibility index (Phi) is 7.02. The van der Waals surface area contributed by atoms with E-state index in [1.165, 1.54) is 12.4 Å². The Hall–Kier alpha value is -3.02. The van der Waals surface area contributed by atoms with Crippen molar-refractivity contribution in [1.29, 1.82) is 0 Å². The number of aromatic nitrogens is 1. The lowest BCUT2D eigenvalue weighted by molar-refractivity contribution is -0.155. The van der Waals surface area contributed by atoms with Gasteiger partial charge in [0.2, 0.25) is 0 Å². The van der Waals surface area contributed by atoms with Crippen LogP contribution >= 0.6 is 0 Å². The van der Waals surface area contributed by atoms with Gasteiger partial charge in [0.05, 0.1) is 13.2 Å². The summed E-state index contributed by atoms with van der Waals surface area (Å²) in [6.07, 6.45) is 2.89. The first kappa shape index (κ1) is 19.3. The quantitative estimate of drug-likeness (QED) is 0.411. The van der Waals surface area contributed by atoms with E-state index in [1.807, 2.05) is 0 Å². The summed E-state index contributed by atoms with van der Waals surface area (Å²) in [5, 5.41) is 0. The van der Waals surface area contributed by atoms with Gasteiger partial charge in [0, 0.05) is 18.0 Å². The number of rotatable bonds is 8. The van der Waals surface area contributed by atoms with Crippen LogP contribution in [0.15, 0.2) is 54.9 Å². The Bertz CT molecular complexity index is 745. The summed E-state index contributed by atoms with van der Waals surface area (Å²) < 4.78 is 10.2. The van der Waals surface area contributed by atoms with Crippen molar-refractivity contribution in [2.24, 2.45) is 5.92 Å². The van der Waals surface area contributed by atoms with Gasteiger partial charge in [-0.15, -0.1) is 0 Å². The molecule has 26 heavy (non-hydrogen) atoms. The van der Waals surface area contributed by atoms with Crippen molar-refractivity contribution in [3.05, 3.63) is 66.0 Å². The molecule has 0 amide bonds. The van der Waals surface area contributed by atoms with Crippen molar-refractivity contribution >= 4 is 17.7 Å². The van der Waals surface area contributed by atoms with E-state index in [-0.39, 0.29) is 18.8 Å². The van der Waals surface area contributed by atoms with Crippen LogP contribution in [-0.2, 0) is 19.1 Å². The highest BCUT2D eigenvalue weighted by molar-refractivity contribution is 6.11. The maximum absolute atomic E-state index is 13.0. The van der Waals surface area contributed by atoms with Crippen LogP contribution in [0.1, 0.15) is 35.7 Å². The number of carbonyl (C=O) groups is 3. The van der Waals surface area contributed by atoms with Crippen molar-refractivity contribution in [2.75, 3.05) is 13.2 Å². The van der Waals surface area contributed by atoms with Crippen molar-refractivity contribution in [2.45, 2.75) is 19.8 Å². The number of carbonyl (C=O) groups excluding carboxylic acids is 3. The summed E-state index contributed by atoms with van der Waals surface area (Å²) in [6, 6.07) is 11.8. The summed E-state index contributed by atoms with van der Waals surface area (Å²) in [7, 11) is 0. The Morgan fingerprint density at radius 3 is 2.15 bits per heavy atom. The molecular weight excluding hydrogens is 334 g/mol. The zero-order valence-corrected chi connectivity index (χ0v) is 14.8. The molecule has 6 nitrogen and oxygen atoms in total. The molecule has 0 aliphatic carbocycles. The first-order chi connectivity index (χ1) is 12.6. The second kappa shape index (κ2) is 9.46. The summed E-state index contributed by atoms with van der Waals surface area (Å²) in [6.45, 7) is 3.55. The average molecular weight is 355 g/mol. The number of Topliss-reactive ketones (excluding diaryl/α,β-unsaturated/α-hetero) is 1. The second-order valence-corrected chi connectivity index (χ2v) is 5.48. The topological polar surface area (TPSA) is 82.6 Å². The van der Waals surface area contributed by atoms with Crippen LogP contribution in [-0.4, -0.2) is 35.9 Å². The van der Waals surface area contributed by atoms with Crippen LogP contribution in [0.4, 0.5) is 0 Å². The fourth-order valence-corrected chi connectivity index (χ4v) is 2.67. The van der Waals surface area contributed by atoms with Crippen LogP contribution in [0.25, 0.3) is 0 Å². The van der Waals surface area contributed by atoms with Crippen molar-refractivity contribution < 1.29 is 23.9 Å². The van der Waals surface area contributed by atoms with E-state index in [4.69, 9.17) is 9.47 Å². The first-order valence-corrected chi connectivity index (χ1v) is 8.42. The van der Waals surface area contributed by atoms with Gasteiger partial charge >= 0.3 is 11.9 Å². The minimum absolute atomic E-state index is 0.0972. The average Bonchev–Trinajstić information content (AvgIpc) is 2.67. The van der Waals surface area contributed by atoms with E-state index < -0.39 is 29.6 Å². The Labute approximate surface area is 152 Å². The van der Waals surface area contributed by atoms with E-state index in [1.54, 1.807) is 56.3 Å². The summed E-state index contributed by atoms with van der Waals surface area (Å²) in [4.78, 5) is 42.2. The highest BCUT2D eigenvalue weighted by Crippen LogP contribution is 2.30. The third kappa shape index (κ3) is 4.53. The predicted molar refractivity (Wildman–Crippen MR) is 94.5 cm³/mol. The molecule has 0 saturated heterocycles. The standard InChI is InChI=1S/C20H21NO5/c1-3-25-19(23)16(14-9-6-5-7-10-14)17(20(24)26-4-2)18(22)15-11-8-12-21-13-15/h5-13,16-17H,3-4H2,1-2H3/t16-,17+/m1/s1. The maximum atomic E-state index is 13.0. The minimum Gasteiger partial charge on any atom is -0.465 e. The lowest BCUT2D eigenvalue weighted by Gasteiger charge is -2.23. The van der Waals surface area contributed by atoms with Crippen LogP contribution in [0, 0.1) is 5.92 Å². The van der Waals surface area contributed by atoms with E-state index >= 15 is 0 Å². The molecule has 0 unspecified atom stereocenters. The molecule has 0 aliphatic rings. The SMILES string of the molecule is CCOC(=O)[C@H](C(=O)c1cccnc1)[C@H](C(=O)OCC)c1ccccc1. The second-order valence-electron chi connectivity index (χ2n) is 5.48. The number of hydrogen-bond donors (Lipinski definition) is 0. The van der Waals surface area contributed by atoms with Crippen LogP contribution < -0.4 is 0 Å². The summed E-state index contributed by atoms with van der Waals surface area (Å²) in [5.41, 5.74) is 0.747. The zero-order chi connectivity index (χ0) is 18.9.